The van der Waals surface area contributed by atoms with Crippen LogP contribution in [-0.4, -0.2) is 4.57 Å². The van der Waals surface area contributed by atoms with Gasteiger partial charge in [0, 0.05) is 53.7 Å². The number of fused-ring (bicyclic) bond motifs is 7. The standard InChI is InChI=1S/C64H42N2S/c1-2-12-46(13-3-1)54-19-10-14-48-15-11-20-55(64(48)54)47-30-39-52(40-31-47)65(51-35-28-45(29-36-51)49-32-41-59-58-18-6-9-23-62(58)67-63(59)42-49)50-33-24-43(25-34-50)44-26-37-53(38-27-44)66-60-21-7-4-16-56(60)57-17-5-8-22-61(57)66/h1-42H. The molecule has 0 saturated carbocycles. The second kappa shape index (κ2) is 16.2. The maximum atomic E-state index is 2.37. The van der Waals surface area contributed by atoms with Crippen LogP contribution in [0.15, 0.2) is 255 Å². The molecule has 0 saturated heterocycles. The van der Waals surface area contributed by atoms with E-state index >= 15 is 0 Å². The van der Waals surface area contributed by atoms with Crippen LogP contribution in [0.5, 0.6) is 0 Å². The maximum Gasteiger partial charge on any atom is 0.0541 e. The zero-order valence-corrected chi connectivity index (χ0v) is 37.4. The van der Waals surface area contributed by atoms with Gasteiger partial charge in [0.05, 0.1) is 11.0 Å². The molecule has 314 valence electrons. The third kappa shape index (κ3) is 6.79. The lowest BCUT2D eigenvalue weighted by atomic mass is 9.91. The molecule has 0 N–H and O–H groups in total. The first kappa shape index (κ1) is 38.9. The Balaban J connectivity index is 0.867. The third-order valence-electron chi connectivity index (χ3n) is 13.4. The summed E-state index contributed by atoms with van der Waals surface area (Å²) in [6.45, 7) is 0. The van der Waals surface area contributed by atoms with Gasteiger partial charge < -0.3 is 9.47 Å². The third-order valence-corrected chi connectivity index (χ3v) is 14.6. The van der Waals surface area contributed by atoms with E-state index in [1.54, 1.807) is 0 Å². The summed E-state index contributed by atoms with van der Waals surface area (Å²) in [4.78, 5) is 2.37. The van der Waals surface area contributed by atoms with E-state index < -0.39 is 0 Å². The Hall–Kier alpha value is -8.50. The second-order valence-electron chi connectivity index (χ2n) is 17.3. The number of hydrogen-bond acceptors (Lipinski definition) is 2. The molecule has 13 aromatic rings. The topological polar surface area (TPSA) is 8.17 Å². The van der Waals surface area contributed by atoms with Crippen molar-refractivity contribution in [2.45, 2.75) is 0 Å². The highest BCUT2D eigenvalue weighted by Gasteiger charge is 2.17. The molecule has 0 bridgehead atoms. The lowest BCUT2D eigenvalue weighted by molar-refractivity contribution is 1.18. The average molecular weight is 871 g/mol. The van der Waals surface area contributed by atoms with Crippen LogP contribution in [0.25, 0.3) is 103 Å². The molecule has 11 aromatic carbocycles. The van der Waals surface area contributed by atoms with Gasteiger partial charge in [0.1, 0.15) is 0 Å². The van der Waals surface area contributed by atoms with Gasteiger partial charge in [-0.05, 0) is 128 Å². The molecule has 13 rings (SSSR count). The molecule has 0 aliphatic carbocycles. The fourth-order valence-electron chi connectivity index (χ4n) is 10.2. The smallest absolute Gasteiger partial charge is 0.0541 e. The van der Waals surface area contributed by atoms with Gasteiger partial charge in [-0.3, -0.25) is 0 Å². The Morgan fingerprint density at radius 2 is 0.746 bits per heavy atom. The number of thiophene rings is 1. The average Bonchev–Trinajstić information content (AvgIpc) is 3.95. The largest absolute Gasteiger partial charge is 0.311 e. The number of anilines is 3. The SMILES string of the molecule is c1ccc(-c2cccc3cccc(-c4ccc(N(c5ccc(-c6ccc(-n7c8ccccc8c8ccccc87)cc6)cc5)c5ccc(-c6ccc7c(c6)sc6ccccc67)cc5)cc4)c23)cc1. The summed E-state index contributed by atoms with van der Waals surface area (Å²) in [5, 5.41) is 7.68. The molecular formula is C64H42N2S. The Labute approximate surface area is 393 Å². The Kier molecular flexibility index (Phi) is 9.40. The minimum atomic E-state index is 1.09. The molecule has 0 amide bonds. The van der Waals surface area contributed by atoms with Gasteiger partial charge in [-0.25, -0.2) is 0 Å². The first-order chi connectivity index (χ1) is 33.2. The second-order valence-corrected chi connectivity index (χ2v) is 18.4. The summed E-state index contributed by atoms with van der Waals surface area (Å²) < 4.78 is 5.01. The van der Waals surface area contributed by atoms with Crippen LogP contribution in [-0.2, 0) is 0 Å². The fraction of sp³-hybridized carbons (Fsp3) is 0. The van der Waals surface area contributed by atoms with Gasteiger partial charge >= 0.3 is 0 Å². The molecular weight excluding hydrogens is 829 g/mol. The molecule has 3 heteroatoms. The van der Waals surface area contributed by atoms with E-state index in [9.17, 15) is 0 Å². The first-order valence-corrected chi connectivity index (χ1v) is 23.7. The predicted molar refractivity (Wildman–Crippen MR) is 288 cm³/mol. The van der Waals surface area contributed by atoms with Gasteiger partial charge in [0.25, 0.3) is 0 Å². The normalized spacial score (nSPS) is 11.6. The fourth-order valence-corrected chi connectivity index (χ4v) is 11.3. The molecule has 0 fully saturated rings. The Morgan fingerprint density at radius 1 is 0.299 bits per heavy atom. The predicted octanol–water partition coefficient (Wildman–Crippen LogP) is 18.4. The highest BCUT2D eigenvalue weighted by molar-refractivity contribution is 7.25. The van der Waals surface area contributed by atoms with Crippen molar-refractivity contribution in [3.63, 3.8) is 0 Å². The number of aromatic nitrogens is 1. The molecule has 67 heavy (non-hydrogen) atoms. The summed E-state index contributed by atoms with van der Waals surface area (Å²) >= 11 is 1.86. The van der Waals surface area contributed by atoms with E-state index in [1.165, 1.54) is 97.3 Å². The summed E-state index contributed by atoms with van der Waals surface area (Å²) in [7, 11) is 0. The number of nitrogens with zero attached hydrogens (tertiary/aromatic N) is 2. The first-order valence-electron chi connectivity index (χ1n) is 22.9. The van der Waals surface area contributed by atoms with E-state index in [0.717, 1.165) is 22.7 Å². The summed E-state index contributed by atoms with van der Waals surface area (Å²) in [6.07, 6.45) is 0. The summed E-state index contributed by atoms with van der Waals surface area (Å²) in [5.74, 6) is 0. The van der Waals surface area contributed by atoms with Gasteiger partial charge in [-0.15, -0.1) is 11.3 Å². The van der Waals surface area contributed by atoms with E-state index in [1.807, 2.05) is 11.3 Å². The van der Waals surface area contributed by atoms with Crippen molar-refractivity contribution in [2.24, 2.45) is 0 Å². The highest BCUT2D eigenvalue weighted by atomic mass is 32.1. The zero-order chi connectivity index (χ0) is 44.3. The number of rotatable bonds is 8. The van der Waals surface area contributed by atoms with Crippen molar-refractivity contribution in [1.29, 1.82) is 0 Å². The van der Waals surface area contributed by atoms with E-state index in [0.29, 0.717) is 0 Å². The van der Waals surface area contributed by atoms with Gasteiger partial charge in [0.15, 0.2) is 0 Å². The quantitative estimate of drug-likeness (QED) is 0.148. The minimum absolute atomic E-state index is 1.09. The molecule has 0 atom stereocenters. The van der Waals surface area contributed by atoms with Crippen molar-refractivity contribution in [1.82, 2.24) is 4.57 Å². The molecule has 2 nitrogen and oxygen atoms in total. The van der Waals surface area contributed by atoms with Crippen molar-refractivity contribution >= 4 is 81.1 Å². The number of hydrogen-bond donors (Lipinski definition) is 0. The van der Waals surface area contributed by atoms with Crippen molar-refractivity contribution in [2.75, 3.05) is 4.90 Å². The number of para-hydroxylation sites is 2. The maximum absolute atomic E-state index is 2.37. The monoisotopic (exact) mass is 870 g/mol. The minimum Gasteiger partial charge on any atom is -0.311 e. The van der Waals surface area contributed by atoms with Crippen LogP contribution in [0.1, 0.15) is 0 Å². The van der Waals surface area contributed by atoms with Crippen molar-refractivity contribution < 1.29 is 0 Å². The molecule has 0 radical (unpaired) electrons. The molecule has 0 spiro atoms. The van der Waals surface area contributed by atoms with Crippen molar-refractivity contribution in [3.05, 3.63) is 255 Å². The molecule has 2 heterocycles. The van der Waals surface area contributed by atoms with Crippen molar-refractivity contribution in [3.8, 4) is 50.2 Å². The lowest BCUT2D eigenvalue weighted by Gasteiger charge is -2.26. The van der Waals surface area contributed by atoms with Crippen LogP contribution >= 0.6 is 11.3 Å². The zero-order valence-electron chi connectivity index (χ0n) is 36.6. The number of benzene rings is 11. The molecule has 2 aromatic heterocycles. The summed E-state index contributed by atoms with van der Waals surface area (Å²) in [5.41, 5.74) is 16.5. The van der Waals surface area contributed by atoms with Crippen LogP contribution in [0, 0.1) is 0 Å². The van der Waals surface area contributed by atoms with Crippen LogP contribution in [0.2, 0.25) is 0 Å². The lowest BCUT2D eigenvalue weighted by Crippen LogP contribution is -2.09. The van der Waals surface area contributed by atoms with Crippen LogP contribution in [0.4, 0.5) is 17.1 Å². The summed E-state index contributed by atoms with van der Waals surface area (Å²) in [6, 6.07) is 93.1. The van der Waals surface area contributed by atoms with Crippen LogP contribution in [0.3, 0.4) is 0 Å². The Bertz CT molecular complexity index is 3880. The molecule has 0 aliphatic rings. The van der Waals surface area contributed by atoms with E-state index in [-0.39, 0.29) is 0 Å². The van der Waals surface area contributed by atoms with Gasteiger partial charge in [-0.1, -0.05) is 182 Å². The van der Waals surface area contributed by atoms with Gasteiger partial charge in [0.2, 0.25) is 0 Å². The molecule has 0 unspecified atom stereocenters. The van der Waals surface area contributed by atoms with Crippen LogP contribution < -0.4 is 4.90 Å². The van der Waals surface area contributed by atoms with Gasteiger partial charge in [-0.2, -0.15) is 0 Å². The van der Waals surface area contributed by atoms with E-state index in [4.69, 9.17) is 0 Å². The van der Waals surface area contributed by atoms with E-state index in [2.05, 4.69) is 264 Å². The molecule has 0 aliphatic heterocycles. The Morgan fingerprint density at radius 3 is 1.34 bits per heavy atom. The highest BCUT2D eigenvalue weighted by Crippen LogP contribution is 2.42.